The predicted octanol–water partition coefficient (Wildman–Crippen LogP) is 2.12. The van der Waals surface area contributed by atoms with Gasteiger partial charge in [0.25, 0.3) is 0 Å². The molecule has 0 saturated carbocycles. The predicted molar refractivity (Wildman–Crippen MR) is 50.4 cm³/mol. The summed E-state index contributed by atoms with van der Waals surface area (Å²) in [4.78, 5) is 3.81. The minimum absolute atomic E-state index is 0.729. The van der Waals surface area contributed by atoms with Crippen LogP contribution in [-0.2, 0) is 7.05 Å². The molecule has 0 unspecified atom stereocenters. The number of hydrogen-bond acceptors (Lipinski definition) is 2. The highest BCUT2D eigenvalue weighted by molar-refractivity contribution is 9.15. The van der Waals surface area contributed by atoms with E-state index in [1.165, 1.54) is 0 Å². The van der Waals surface area contributed by atoms with Crippen molar-refractivity contribution in [3.8, 4) is 0 Å². The highest BCUT2D eigenvalue weighted by Crippen LogP contribution is 2.27. The molecule has 0 spiro atoms. The fourth-order valence-corrected chi connectivity index (χ4v) is 1.09. The minimum atomic E-state index is 0.729. The van der Waals surface area contributed by atoms with Crippen LogP contribution in [0.25, 0.3) is 4.48 Å². The van der Waals surface area contributed by atoms with Gasteiger partial charge >= 0.3 is 0 Å². The van der Waals surface area contributed by atoms with Crippen molar-refractivity contribution in [3.05, 3.63) is 18.3 Å². The number of aliphatic imine (C=N–C) groups is 1. The molecule has 0 aromatic carbocycles. The van der Waals surface area contributed by atoms with Crippen molar-refractivity contribution >= 4 is 32.9 Å². The highest BCUT2D eigenvalue weighted by Gasteiger charge is 2.06. The average Bonchev–Trinajstić information content (AvgIpc) is 2.30. The molecule has 0 atom stereocenters. The Bertz CT molecular complexity index is 301. The van der Waals surface area contributed by atoms with E-state index in [9.17, 15) is 0 Å². The summed E-state index contributed by atoms with van der Waals surface area (Å²) in [5, 5.41) is 4.00. The normalized spacial score (nSPS) is 9.64. The zero-order valence-corrected chi connectivity index (χ0v) is 7.80. The Morgan fingerprint density at radius 3 is 2.82 bits per heavy atom. The summed E-state index contributed by atoms with van der Waals surface area (Å²) >= 11 is 3.25. The van der Waals surface area contributed by atoms with Crippen LogP contribution in [0.3, 0.4) is 0 Å². The molecule has 58 valence electrons. The number of hydrogen-bond donors (Lipinski definition) is 0. The first-order valence-electron chi connectivity index (χ1n) is 3.00. The lowest BCUT2D eigenvalue weighted by atomic mass is 10.3. The van der Waals surface area contributed by atoms with Crippen molar-refractivity contribution in [2.75, 3.05) is 0 Å². The summed E-state index contributed by atoms with van der Waals surface area (Å²) in [7, 11) is 1.81. The Hall–Kier alpha value is -0.900. The fourth-order valence-electron chi connectivity index (χ4n) is 0.810. The van der Waals surface area contributed by atoms with Gasteiger partial charge in [0.2, 0.25) is 0 Å². The smallest absolute Gasteiger partial charge is 0.157 e. The van der Waals surface area contributed by atoms with Crippen LogP contribution >= 0.6 is 15.9 Å². The third kappa shape index (κ3) is 1.40. The molecule has 1 aromatic heterocycles. The van der Waals surface area contributed by atoms with E-state index in [1.54, 1.807) is 10.9 Å². The van der Waals surface area contributed by atoms with Gasteiger partial charge in [0.05, 0.1) is 11.8 Å². The van der Waals surface area contributed by atoms with Gasteiger partial charge in [0.15, 0.2) is 5.82 Å². The second-order valence-corrected chi connectivity index (χ2v) is 3.03. The van der Waals surface area contributed by atoms with Crippen LogP contribution in [0, 0.1) is 0 Å². The van der Waals surface area contributed by atoms with E-state index in [-0.39, 0.29) is 0 Å². The number of aryl methyl sites for hydroxylation is 1. The lowest BCUT2D eigenvalue weighted by Crippen LogP contribution is -1.87. The first-order valence-corrected chi connectivity index (χ1v) is 3.79. The second kappa shape index (κ2) is 3.00. The maximum atomic E-state index is 4.00. The van der Waals surface area contributed by atoms with Gasteiger partial charge in [-0.15, -0.1) is 0 Å². The first-order chi connectivity index (χ1) is 5.16. The van der Waals surface area contributed by atoms with Crippen molar-refractivity contribution in [1.82, 2.24) is 9.78 Å². The van der Waals surface area contributed by atoms with Crippen LogP contribution in [0.2, 0.25) is 0 Å². The van der Waals surface area contributed by atoms with Crippen molar-refractivity contribution in [1.29, 1.82) is 0 Å². The SMILES string of the molecule is C=Nc1c(C(=C)Br)cnn1C. The zero-order valence-electron chi connectivity index (χ0n) is 6.21. The lowest BCUT2D eigenvalue weighted by Gasteiger charge is -1.95. The van der Waals surface area contributed by atoms with Crippen LogP contribution in [0.1, 0.15) is 5.56 Å². The summed E-state index contributed by atoms with van der Waals surface area (Å²) in [6.07, 6.45) is 1.70. The lowest BCUT2D eigenvalue weighted by molar-refractivity contribution is 0.771. The molecule has 0 aliphatic rings. The third-order valence-electron chi connectivity index (χ3n) is 1.35. The Morgan fingerprint density at radius 1 is 1.82 bits per heavy atom. The van der Waals surface area contributed by atoms with Gasteiger partial charge in [0, 0.05) is 11.5 Å². The van der Waals surface area contributed by atoms with E-state index in [0.29, 0.717) is 0 Å². The van der Waals surface area contributed by atoms with Crippen molar-refractivity contribution in [3.63, 3.8) is 0 Å². The number of nitrogens with zero attached hydrogens (tertiary/aromatic N) is 3. The summed E-state index contributed by atoms with van der Waals surface area (Å²) in [5.74, 6) is 0.729. The van der Waals surface area contributed by atoms with Gasteiger partial charge in [-0.2, -0.15) is 5.10 Å². The molecular weight excluding hydrogens is 206 g/mol. The van der Waals surface area contributed by atoms with Crippen LogP contribution in [0.15, 0.2) is 17.8 Å². The van der Waals surface area contributed by atoms with Crippen molar-refractivity contribution in [2.45, 2.75) is 0 Å². The molecule has 0 radical (unpaired) electrons. The summed E-state index contributed by atoms with van der Waals surface area (Å²) in [6.45, 7) is 7.16. The monoisotopic (exact) mass is 213 g/mol. The third-order valence-corrected chi connectivity index (χ3v) is 1.78. The Balaban J connectivity index is 3.26. The molecular formula is C7H8BrN3. The first kappa shape index (κ1) is 8.20. The van der Waals surface area contributed by atoms with E-state index >= 15 is 0 Å². The topological polar surface area (TPSA) is 30.2 Å². The van der Waals surface area contributed by atoms with Gasteiger partial charge in [-0.1, -0.05) is 22.5 Å². The molecule has 0 bridgehead atoms. The summed E-state index contributed by atoms with van der Waals surface area (Å²) < 4.78 is 2.42. The van der Waals surface area contributed by atoms with E-state index in [4.69, 9.17) is 0 Å². The molecule has 0 N–H and O–H groups in total. The molecule has 0 aliphatic heterocycles. The molecule has 1 aromatic rings. The Labute approximate surface area is 73.6 Å². The van der Waals surface area contributed by atoms with E-state index in [1.807, 2.05) is 7.05 Å². The van der Waals surface area contributed by atoms with Crippen molar-refractivity contribution in [2.24, 2.45) is 12.0 Å². The quantitative estimate of drug-likeness (QED) is 0.693. The molecule has 0 fully saturated rings. The van der Waals surface area contributed by atoms with Crippen LogP contribution in [-0.4, -0.2) is 16.5 Å². The van der Waals surface area contributed by atoms with Gasteiger partial charge in [0.1, 0.15) is 0 Å². The van der Waals surface area contributed by atoms with E-state index in [0.717, 1.165) is 15.9 Å². The molecule has 0 aliphatic carbocycles. The molecule has 0 saturated heterocycles. The van der Waals surface area contributed by atoms with Gasteiger partial charge < -0.3 is 0 Å². The van der Waals surface area contributed by atoms with E-state index < -0.39 is 0 Å². The van der Waals surface area contributed by atoms with Crippen molar-refractivity contribution < 1.29 is 0 Å². The van der Waals surface area contributed by atoms with Crippen LogP contribution in [0.4, 0.5) is 5.82 Å². The molecule has 11 heavy (non-hydrogen) atoms. The summed E-state index contributed by atoms with van der Waals surface area (Å²) in [6, 6.07) is 0. The summed E-state index contributed by atoms with van der Waals surface area (Å²) in [5.41, 5.74) is 0.877. The molecule has 1 rings (SSSR count). The van der Waals surface area contributed by atoms with Gasteiger partial charge in [-0.25, -0.2) is 4.99 Å². The molecule has 0 amide bonds. The Kier molecular flexibility index (Phi) is 2.24. The highest BCUT2D eigenvalue weighted by atomic mass is 79.9. The van der Waals surface area contributed by atoms with E-state index in [2.05, 4.69) is 39.3 Å². The molecule has 1 heterocycles. The standard InChI is InChI=1S/C7H8BrN3/c1-5(8)6-4-10-11(3)7(6)9-2/h4H,1-2H2,3H3. The largest absolute Gasteiger partial charge is 0.250 e. The van der Waals surface area contributed by atoms with Crippen LogP contribution < -0.4 is 0 Å². The maximum Gasteiger partial charge on any atom is 0.157 e. The fraction of sp³-hybridized carbons (Fsp3) is 0.143. The number of aromatic nitrogens is 2. The number of halogens is 1. The average molecular weight is 214 g/mol. The minimum Gasteiger partial charge on any atom is -0.250 e. The number of rotatable bonds is 2. The zero-order chi connectivity index (χ0) is 8.43. The van der Waals surface area contributed by atoms with Crippen LogP contribution in [0.5, 0.6) is 0 Å². The maximum absolute atomic E-state index is 4.00. The van der Waals surface area contributed by atoms with Gasteiger partial charge in [-0.3, -0.25) is 4.68 Å². The van der Waals surface area contributed by atoms with Gasteiger partial charge in [-0.05, 0) is 6.72 Å². The molecule has 3 nitrogen and oxygen atoms in total. The second-order valence-electron chi connectivity index (χ2n) is 2.07. The Morgan fingerprint density at radius 2 is 2.45 bits per heavy atom. The molecule has 4 heteroatoms.